The van der Waals surface area contributed by atoms with Gasteiger partial charge in [-0.3, -0.25) is 9.69 Å². The topological polar surface area (TPSA) is 108 Å². The van der Waals surface area contributed by atoms with Crippen LogP contribution in [-0.4, -0.2) is 40.7 Å². The smallest absolute Gasteiger partial charge is 0.294 e. The van der Waals surface area contributed by atoms with Crippen LogP contribution in [0.3, 0.4) is 0 Å². The molecule has 0 saturated carbocycles. The first-order valence-corrected chi connectivity index (χ1v) is 7.75. The van der Waals surface area contributed by atoms with Crippen LogP contribution >= 0.6 is 0 Å². The zero-order chi connectivity index (χ0) is 16.1. The Kier molecular flexibility index (Phi) is 3.10. The van der Waals surface area contributed by atoms with Crippen LogP contribution in [0.5, 0.6) is 0 Å². The first kappa shape index (κ1) is 14.4. The monoisotopic (exact) mass is 323 g/mol. The Morgan fingerprint density at radius 2 is 2.23 bits per heavy atom. The van der Waals surface area contributed by atoms with Crippen LogP contribution in [0.15, 0.2) is 12.3 Å². The number of nitriles is 1. The normalized spacial score (nSPS) is 18.9. The van der Waals surface area contributed by atoms with Gasteiger partial charge >= 0.3 is 10.2 Å². The van der Waals surface area contributed by atoms with Gasteiger partial charge in [0.15, 0.2) is 11.5 Å². The van der Waals surface area contributed by atoms with E-state index in [2.05, 4.69) is 10.1 Å². The molecule has 8 nitrogen and oxygen atoms in total. The summed E-state index contributed by atoms with van der Waals surface area (Å²) in [4.78, 5) is 17.2. The summed E-state index contributed by atoms with van der Waals surface area (Å²) in [5.41, 5.74) is 1.08. The molecule has 3 rings (SSSR count). The number of aromatic nitrogens is 3. The third-order valence-corrected chi connectivity index (χ3v) is 4.56. The molecule has 1 fully saturated rings. The van der Waals surface area contributed by atoms with Crippen LogP contribution in [0, 0.1) is 18.3 Å². The van der Waals surface area contributed by atoms with Gasteiger partial charge in [-0.1, -0.05) is 0 Å². The van der Waals surface area contributed by atoms with Gasteiger partial charge in [-0.2, -0.15) is 23.3 Å². The second-order valence-corrected chi connectivity index (χ2v) is 6.59. The Bertz CT molecular complexity index is 930. The molecular weight excluding hydrogens is 313 g/mol. The molecule has 2 aromatic heterocycles. The number of amides is 1. The van der Waals surface area contributed by atoms with Crippen molar-refractivity contribution in [1.82, 2.24) is 14.6 Å². The van der Waals surface area contributed by atoms with E-state index in [0.717, 1.165) is 4.90 Å². The number of hydrogen-bond acceptors (Lipinski definition) is 6. The molecule has 22 heavy (non-hydrogen) atoms. The molecule has 0 N–H and O–H groups in total. The average molecular weight is 323 g/mol. The summed E-state index contributed by atoms with van der Waals surface area (Å²) in [5.74, 6) is -0.472. The molecule has 1 atom stereocenters. The molecule has 0 bridgehead atoms. The Morgan fingerprint density at radius 1 is 1.50 bits per heavy atom. The number of carbonyl (C=O) groups is 1. The van der Waals surface area contributed by atoms with Gasteiger partial charge in [0, 0.05) is 19.0 Å². The largest absolute Gasteiger partial charge is 0.307 e. The predicted molar refractivity (Wildman–Crippen MR) is 73.2 cm³/mol. The molecule has 1 saturated heterocycles. The van der Waals surface area contributed by atoms with Gasteiger partial charge in [0.2, 0.25) is 5.91 Å². The summed E-state index contributed by atoms with van der Waals surface area (Å²) in [6.07, 6.45) is 0.810. The minimum atomic E-state index is -4.83. The van der Waals surface area contributed by atoms with Crippen molar-refractivity contribution in [3.8, 4) is 6.07 Å². The Balaban J connectivity index is 2.18. The van der Waals surface area contributed by atoms with Gasteiger partial charge in [0.1, 0.15) is 16.9 Å². The molecule has 1 unspecified atom stereocenters. The maximum absolute atomic E-state index is 13.2. The molecule has 0 aromatic carbocycles. The van der Waals surface area contributed by atoms with E-state index in [1.54, 1.807) is 13.0 Å². The summed E-state index contributed by atoms with van der Waals surface area (Å²) < 4.78 is 36.5. The van der Waals surface area contributed by atoms with Crippen LogP contribution in [0.1, 0.15) is 17.7 Å². The van der Waals surface area contributed by atoms with Crippen LogP contribution in [0.4, 0.5) is 9.70 Å². The zero-order valence-electron chi connectivity index (χ0n) is 11.4. The highest BCUT2D eigenvalue weighted by Gasteiger charge is 2.41. The summed E-state index contributed by atoms with van der Waals surface area (Å²) in [6.45, 7) is 1.36. The van der Waals surface area contributed by atoms with Crippen molar-refractivity contribution in [1.29, 1.82) is 5.26 Å². The van der Waals surface area contributed by atoms with Crippen molar-refractivity contribution in [2.45, 2.75) is 18.6 Å². The summed E-state index contributed by atoms with van der Waals surface area (Å²) >= 11 is 0. The summed E-state index contributed by atoms with van der Waals surface area (Å²) in [7, 11) is -4.83. The third kappa shape index (κ3) is 2.19. The maximum Gasteiger partial charge on any atom is 0.307 e. The SMILES string of the molecule is Cc1cc2ncc(C#N)c(N3CC(S(=O)(=O)F)CC3=O)n2n1. The second-order valence-electron chi connectivity index (χ2n) is 4.97. The van der Waals surface area contributed by atoms with Crippen molar-refractivity contribution >= 4 is 27.6 Å². The number of carbonyl (C=O) groups excluding carboxylic acids is 1. The van der Waals surface area contributed by atoms with Crippen molar-refractivity contribution in [3.05, 3.63) is 23.5 Å². The third-order valence-electron chi connectivity index (χ3n) is 3.44. The van der Waals surface area contributed by atoms with Crippen LogP contribution in [0.2, 0.25) is 0 Å². The Morgan fingerprint density at radius 3 is 2.82 bits per heavy atom. The van der Waals surface area contributed by atoms with E-state index in [9.17, 15) is 22.4 Å². The van der Waals surface area contributed by atoms with Gasteiger partial charge in [0.25, 0.3) is 0 Å². The lowest BCUT2D eigenvalue weighted by molar-refractivity contribution is -0.117. The van der Waals surface area contributed by atoms with Crippen molar-refractivity contribution < 1.29 is 17.1 Å². The molecule has 1 aliphatic rings. The number of hydrogen-bond donors (Lipinski definition) is 0. The Labute approximate surface area is 125 Å². The number of fused-ring (bicyclic) bond motifs is 1. The average Bonchev–Trinajstić information content (AvgIpc) is 2.99. The van der Waals surface area contributed by atoms with E-state index >= 15 is 0 Å². The molecule has 0 radical (unpaired) electrons. The fraction of sp³-hybridized carbons (Fsp3) is 0.333. The predicted octanol–water partition coefficient (Wildman–Crippen LogP) is 0.314. The molecule has 0 aliphatic carbocycles. The molecule has 1 aliphatic heterocycles. The molecular formula is C12H10FN5O3S. The lowest BCUT2D eigenvalue weighted by Crippen LogP contribution is -2.30. The minimum absolute atomic E-state index is 0.0563. The van der Waals surface area contributed by atoms with Gasteiger partial charge in [-0.15, -0.1) is 3.89 Å². The first-order chi connectivity index (χ1) is 10.3. The van der Waals surface area contributed by atoms with Crippen LogP contribution in [-0.2, 0) is 15.0 Å². The minimum Gasteiger partial charge on any atom is -0.294 e. The molecule has 114 valence electrons. The van der Waals surface area contributed by atoms with Gasteiger partial charge in [0.05, 0.1) is 11.9 Å². The van der Waals surface area contributed by atoms with Crippen molar-refractivity contribution in [2.24, 2.45) is 0 Å². The number of anilines is 1. The van der Waals surface area contributed by atoms with E-state index in [1.807, 2.05) is 6.07 Å². The molecule has 3 heterocycles. The summed E-state index contributed by atoms with van der Waals surface area (Å²) in [5, 5.41) is 11.9. The van der Waals surface area contributed by atoms with Gasteiger partial charge < -0.3 is 0 Å². The first-order valence-electron chi connectivity index (χ1n) is 6.30. The quantitative estimate of drug-likeness (QED) is 0.736. The molecule has 1 amide bonds. The number of rotatable bonds is 2. The van der Waals surface area contributed by atoms with E-state index in [4.69, 9.17) is 0 Å². The maximum atomic E-state index is 13.2. The standard InChI is InChI=1S/C12H10FN5O3S/c1-7-2-10-15-5-8(4-14)12(18(10)16-7)17-6-9(3-11(17)19)22(13,20)21/h2,5,9H,3,6H2,1H3. The number of nitrogens with zero attached hydrogens (tertiary/aromatic N) is 5. The van der Waals surface area contributed by atoms with Crippen molar-refractivity contribution in [3.63, 3.8) is 0 Å². The van der Waals surface area contributed by atoms with Crippen LogP contribution < -0.4 is 4.90 Å². The van der Waals surface area contributed by atoms with E-state index in [1.165, 1.54) is 10.7 Å². The highest BCUT2D eigenvalue weighted by atomic mass is 32.3. The second kappa shape index (κ2) is 4.74. The van der Waals surface area contributed by atoms with E-state index in [0.29, 0.717) is 11.3 Å². The van der Waals surface area contributed by atoms with Crippen molar-refractivity contribution in [2.75, 3.05) is 11.4 Å². The number of halogens is 1. The number of aryl methyl sites for hydroxylation is 1. The van der Waals surface area contributed by atoms with Crippen LogP contribution in [0.25, 0.3) is 5.65 Å². The highest BCUT2D eigenvalue weighted by molar-refractivity contribution is 7.87. The lowest BCUT2D eigenvalue weighted by Gasteiger charge is -2.18. The van der Waals surface area contributed by atoms with E-state index in [-0.39, 0.29) is 17.9 Å². The molecule has 10 heteroatoms. The summed E-state index contributed by atoms with van der Waals surface area (Å²) in [6, 6.07) is 3.53. The van der Waals surface area contributed by atoms with Gasteiger partial charge in [-0.25, -0.2) is 4.98 Å². The highest BCUT2D eigenvalue weighted by Crippen LogP contribution is 2.28. The molecule has 2 aromatic rings. The fourth-order valence-corrected chi connectivity index (χ4v) is 3.11. The van der Waals surface area contributed by atoms with E-state index < -0.39 is 27.8 Å². The molecule has 0 spiro atoms. The zero-order valence-corrected chi connectivity index (χ0v) is 12.2. The lowest BCUT2D eigenvalue weighted by atomic mass is 10.3. The fourth-order valence-electron chi connectivity index (χ4n) is 2.44. The Hall–Kier alpha value is -2.54. The van der Waals surface area contributed by atoms with Gasteiger partial charge in [-0.05, 0) is 6.92 Å².